The van der Waals surface area contributed by atoms with E-state index in [-0.39, 0.29) is 12.8 Å². The van der Waals surface area contributed by atoms with Crippen LogP contribution in [0.3, 0.4) is 0 Å². The summed E-state index contributed by atoms with van der Waals surface area (Å²) in [6, 6.07) is 0. The standard InChI is InChI=1S/C7H12O5/c1-7(2,3-5(8)9)4-6(10)12-11/h11H,3-4H2,1-2H3,(H,8,9). The quantitative estimate of drug-likeness (QED) is 0.491. The summed E-state index contributed by atoms with van der Waals surface area (Å²) in [4.78, 5) is 24.2. The minimum Gasteiger partial charge on any atom is -0.481 e. The zero-order valence-corrected chi connectivity index (χ0v) is 7.03. The van der Waals surface area contributed by atoms with Gasteiger partial charge in [0.1, 0.15) is 0 Å². The molecule has 0 fully saturated rings. The van der Waals surface area contributed by atoms with E-state index in [0.717, 1.165) is 0 Å². The summed E-state index contributed by atoms with van der Waals surface area (Å²) in [5.41, 5.74) is -0.689. The molecule has 0 unspecified atom stereocenters. The minimum atomic E-state index is -0.981. The van der Waals surface area contributed by atoms with Crippen molar-refractivity contribution in [2.45, 2.75) is 26.7 Å². The predicted octanol–water partition coefficient (Wildman–Crippen LogP) is 0.894. The Labute approximate surface area is 69.9 Å². The largest absolute Gasteiger partial charge is 0.481 e. The van der Waals surface area contributed by atoms with Gasteiger partial charge in [-0.25, -0.2) is 4.79 Å². The van der Waals surface area contributed by atoms with E-state index in [9.17, 15) is 9.59 Å². The highest BCUT2D eigenvalue weighted by molar-refractivity contribution is 5.72. The van der Waals surface area contributed by atoms with Crippen LogP contribution in [0.2, 0.25) is 0 Å². The lowest BCUT2D eigenvalue weighted by atomic mass is 9.86. The van der Waals surface area contributed by atoms with Crippen LogP contribution in [-0.2, 0) is 14.5 Å². The summed E-state index contributed by atoms with van der Waals surface area (Å²) >= 11 is 0. The molecule has 0 bridgehead atoms. The average Bonchev–Trinajstić information content (AvgIpc) is 1.83. The zero-order valence-electron chi connectivity index (χ0n) is 7.03. The van der Waals surface area contributed by atoms with E-state index in [4.69, 9.17) is 10.4 Å². The lowest BCUT2D eigenvalue weighted by molar-refractivity contribution is -0.236. The maximum Gasteiger partial charge on any atom is 0.342 e. The summed E-state index contributed by atoms with van der Waals surface area (Å²) in [5, 5.41) is 16.4. The molecule has 0 atom stereocenters. The average molecular weight is 176 g/mol. The van der Waals surface area contributed by atoms with E-state index in [1.54, 1.807) is 13.8 Å². The third-order valence-corrected chi connectivity index (χ3v) is 1.35. The molecule has 0 aromatic rings. The first kappa shape index (κ1) is 10.9. The molecular weight excluding hydrogens is 164 g/mol. The van der Waals surface area contributed by atoms with Gasteiger partial charge in [-0.2, -0.15) is 5.26 Å². The molecular formula is C7H12O5. The second-order valence-electron chi connectivity index (χ2n) is 3.37. The highest BCUT2D eigenvalue weighted by atomic mass is 17.1. The fourth-order valence-corrected chi connectivity index (χ4v) is 0.895. The van der Waals surface area contributed by atoms with Crippen LogP contribution in [-0.4, -0.2) is 22.3 Å². The molecule has 0 amide bonds. The number of hydrogen-bond donors (Lipinski definition) is 2. The Hall–Kier alpha value is -1.10. The second-order valence-corrected chi connectivity index (χ2v) is 3.37. The molecule has 5 nitrogen and oxygen atoms in total. The zero-order chi connectivity index (χ0) is 9.78. The molecule has 0 spiro atoms. The predicted molar refractivity (Wildman–Crippen MR) is 39.4 cm³/mol. The molecule has 0 aromatic carbocycles. The Balaban J connectivity index is 4.03. The number of carbonyl (C=O) groups excluding carboxylic acids is 1. The van der Waals surface area contributed by atoms with Crippen LogP contribution in [0, 0.1) is 5.41 Å². The Morgan fingerprint density at radius 2 is 1.83 bits per heavy atom. The van der Waals surface area contributed by atoms with Crippen molar-refractivity contribution < 1.29 is 24.8 Å². The van der Waals surface area contributed by atoms with Gasteiger partial charge in [-0.05, 0) is 5.41 Å². The lowest BCUT2D eigenvalue weighted by Crippen LogP contribution is -2.21. The maximum absolute atomic E-state index is 10.5. The maximum atomic E-state index is 10.5. The molecule has 12 heavy (non-hydrogen) atoms. The fraction of sp³-hybridized carbons (Fsp3) is 0.714. The molecule has 0 aliphatic heterocycles. The van der Waals surface area contributed by atoms with Crippen molar-refractivity contribution in [1.82, 2.24) is 0 Å². The van der Waals surface area contributed by atoms with Gasteiger partial charge in [0.25, 0.3) is 0 Å². The van der Waals surface area contributed by atoms with Gasteiger partial charge in [-0.1, -0.05) is 13.8 Å². The van der Waals surface area contributed by atoms with Crippen molar-refractivity contribution in [1.29, 1.82) is 0 Å². The lowest BCUT2D eigenvalue weighted by Gasteiger charge is -2.19. The smallest absolute Gasteiger partial charge is 0.342 e. The van der Waals surface area contributed by atoms with Crippen molar-refractivity contribution >= 4 is 11.9 Å². The molecule has 2 N–H and O–H groups in total. The molecule has 0 rings (SSSR count). The summed E-state index contributed by atoms with van der Waals surface area (Å²) in [5.74, 6) is -1.80. The SMILES string of the molecule is CC(C)(CC(=O)O)CC(=O)OO. The molecule has 0 aromatic heterocycles. The Bertz CT molecular complexity index is 184. The summed E-state index contributed by atoms with van der Waals surface area (Å²) in [6.07, 6.45) is -0.252. The van der Waals surface area contributed by atoms with Crippen molar-refractivity contribution in [2.24, 2.45) is 5.41 Å². The van der Waals surface area contributed by atoms with Crippen LogP contribution >= 0.6 is 0 Å². The summed E-state index contributed by atoms with van der Waals surface area (Å²) in [6.45, 7) is 3.22. The van der Waals surface area contributed by atoms with Crippen LogP contribution in [0.1, 0.15) is 26.7 Å². The molecule has 0 aliphatic rings. The number of aliphatic carboxylic acids is 1. The summed E-state index contributed by atoms with van der Waals surface area (Å²) < 4.78 is 0. The Kier molecular flexibility index (Phi) is 3.69. The third kappa shape index (κ3) is 4.68. The van der Waals surface area contributed by atoms with Crippen molar-refractivity contribution in [2.75, 3.05) is 0 Å². The number of rotatable bonds is 4. The van der Waals surface area contributed by atoms with Crippen molar-refractivity contribution in [3.05, 3.63) is 0 Å². The number of carboxylic acid groups (broad SMARTS) is 1. The first-order valence-corrected chi connectivity index (χ1v) is 3.43. The minimum absolute atomic E-state index is 0.115. The van der Waals surface area contributed by atoms with Gasteiger partial charge in [0.05, 0.1) is 12.8 Å². The van der Waals surface area contributed by atoms with Crippen LogP contribution in [0.5, 0.6) is 0 Å². The van der Waals surface area contributed by atoms with Crippen LogP contribution in [0.25, 0.3) is 0 Å². The van der Waals surface area contributed by atoms with Crippen molar-refractivity contribution in [3.63, 3.8) is 0 Å². The van der Waals surface area contributed by atoms with Crippen molar-refractivity contribution in [3.8, 4) is 0 Å². The molecule has 0 radical (unpaired) electrons. The third-order valence-electron chi connectivity index (χ3n) is 1.35. The van der Waals surface area contributed by atoms with Gasteiger partial charge >= 0.3 is 11.9 Å². The van der Waals surface area contributed by atoms with E-state index < -0.39 is 17.4 Å². The van der Waals surface area contributed by atoms with Gasteiger partial charge in [-0.3, -0.25) is 4.79 Å². The fourth-order valence-electron chi connectivity index (χ4n) is 0.895. The molecule has 0 saturated carbocycles. The molecule has 0 saturated heterocycles. The van der Waals surface area contributed by atoms with E-state index in [2.05, 4.69) is 4.89 Å². The Morgan fingerprint density at radius 3 is 2.17 bits per heavy atom. The van der Waals surface area contributed by atoms with E-state index in [1.165, 1.54) is 0 Å². The monoisotopic (exact) mass is 176 g/mol. The summed E-state index contributed by atoms with van der Waals surface area (Å²) in [7, 11) is 0. The van der Waals surface area contributed by atoms with Gasteiger partial charge in [0, 0.05) is 0 Å². The first-order chi connectivity index (χ1) is 5.37. The molecule has 0 heterocycles. The van der Waals surface area contributed by atoms with Gasteiger partial charge in [-0.15, -0.1) is 0 Å². The van der Waals surface area contributed by atoms with Crippen LogP contribution in [0.15, 0.2) is 0 Å². The molecule has 5 heteroatoms. The first-order valence-electron chi connectivity index (χ1n) is 3.43. The van der Waals surface area contributed by atoms with E-state index in [1.807, 2.05) is 0 Å². The topological polar surface area (TPSA) is 83.8 Å². The van der Waals surface area contributed by atoms with Crippen LogP contribution in [0.4, 0.5) is 0 Å². The number of carboxylic acids is 1. The van der Waals surface area contributed by atoms with Gasteiger partial charge < -0.3 is 9.99 Å². The van der Waals surface area contributed by atoms with Gasteiger partial charge in [0.15, 0.2) is 0 Å². The van der Waals surface area contributed by atoms with E-state index in [0.29, 0.717) is 0 Å². The molecule has 0 aliphatic carbocycles. The second kappa shape index (κ2) is 4.06. The van der Waals surface area contributed by atoms with Crippen LogP contribution < -0.4 is 0 Å². The number of hydrogen-bond acceptors (Lipinski definition) is 4. The Morgan fingerprint density at radius 1 is 1.33 bits per heavy atom. The highest BCUT2D eigenvalue weighted by Gasteiger charge is 2.26. The highest BCUT2D eigenvalue weighted by Crippen LogP contribution is 2.25. The normalized spacial score (nSPS) is 10.9. The van der Waals surface area contributed by atoms with Gasteiger partial charge in [0.2, 0.25) is 0 Å². The van der Waals surface area contributed by atoms with E-state index >= 15 is 0 Å². The molecule has 70 valence electrons. The number of carbonyl (C=O) groups is 2.